The lowest BCUT2D eigenvalue weighted by atomic mass is 9.86. The molecular weight excluding hydrogens is 552 g/mol. The molecule has 1 fully saturated rings. The average molecular weight is 601 g/mol. The predicted octanol–water partition coefficient (Wildman–Crippen LogP) is 5.71. The van der Waals surface area contributed by atoms with Crippen LogP contribution in [0.25, 0.3) is 10.9 Å². The summed E-state index contributed by atoms with van der Waals surface area (Å²) < 4.78 is 0. The number of aliphatic hydroxyl groups is 1. The maximum atomic E-state index is 14.5. The summed E-state index contributed by atoms with van der Waals surface area (Å²) in [6.07, 6.45) is 2.61. The van der Waals surface area contributed by atoms with Gasteiger partial charge in [0.25, 0.3) is 5.91 Å². The number of fused-ring (bicyclic) bond motifs is 1. The van der Waals surface area contributed by atoms with Crippen molar-refractivity contribution < 1.29 is 19.5 Å². The molecule has 3 N–H and O–H groups in total. The number of carbonyl (C=O) groups excluding carboxylic acids is 3. The number of nitrogens with two attached hydrogens (primary N) is 1. The fourth-order valence-corrected chi connectivity index (χ4v) is 6.08. The lowest BCUT2D eigenvalue weighted by Gasteiger charge is -2.49. The molecule has 1 aliphatic carbocycles. The Labute approximate surface area is 261 Å². The summed E-state index contributed by atoms with van der Waals surface area (Å²) in [7, 11) is 0. The molecule has 3 aromatic rings. The average Bonchev–Trinajstić information content (AvgIpc) is 3.02. The molecule has 3 amide bonds. The molecule has 0 bridgehead atoms. The Balaban J connectivity index is 1.86. The van der Waals surface area contributed by atoms with Gasteiger partial charge in [0.1, 0.15) is 11.9 Å². The third kappa shape index (κ3) is 7.71. The minimum Gasteiger partial charge on any atom is -0.389 e. The van der Waals surface area contributed by atoms with Gasteiger partial charge in [-0.05, 0) is 70.1 Å². The Hall–Kier alpha value is -3.62. The Morgan fingerprint density at radius 2 is 1.57 bits per heavy atom. The van der Waals surface area contributed by atoms with Crippen molar-refractivity contribution in [1.29, 1.82) is 0 Å². The van der Waals surface area contributed by atoms with Crippen molar-refractivity contribution in [3.63, 3.8) is 0 Å². The Kier molecular flexibility index (Phi) is 10.9. The molecule has 8 heteroatoms. The highest BCUT2D eigenvalue weighted by Crippen LogP contribution is 2.33. The standard InChI is InChI=1S/C36H48N4O4/c1-24(2)31(37)35(44)39(34(43)29-22-21-26-16-12-13-19-28(26)38-29)32(30(41)23-20-25-14-8-6-9-15-25)40(36(3,4)5)33(42)27-17-10-7-11-18-27/h6,8-9,12-16,19,21-22,24,27,30-32,41H,7,10-11,17-18,20,23,37H2,1-5H3/t30-,31+,32+/m1/s1. The van der Waals surface area contributed by atoms with E-state index in [1.807, 2.05) is 83.1 Å². The maximum Gasteiger partial charge on any atom is 0.280 e. The SMILES string of the molecule is CC(C)[C@H](N)C(=O)N(C(=O)c1ccc2ccccc2n1)[C@H]([C@H](O)CCc1ccccc1)N(C(=O)C1CCCCC1)C(C)(C)C. The predicted molar refractivity (Wildman–Crippen MR) is 173 cm³/mol. The van der Waals surface area contributed by atoms with E-state index in [1.54, 1.807) is 23.1 Å². The number of carbonyl (C=O) groups is 3. The van der Waals surface area contributed by atoms with Crippen LogP contribution in [-0.4, -0.2) is 61.5 Å². The van der Waals surface area contributed by atoms with E-state index in [4.69, 9.17) is 5.73 Å². The second-order valence-corrected chi connectivity index (χ2v) is 13.4. The van der Waals surface area contributed by atoms with Crippen LogP contribution >= 0.6 is 0 Å². The lowest BCUT2D eigenvalue weighted by Crippen LogP contribution is -2.68. The van der Waals surface area contributed by atoms with E-state index in [2.05, 4.69) is 4.98 Å². The third-order valence-electron chi connectivity index (χ3n) is 8.64. The number of benzene rings is 2. The minimum absolute atomic E-state index is 0.0484. The van der Waals surface area contributed by atoms with Crippen LogP contribution in [0, 0.1) is 11.8 Å². The Bertz CT molecular complexity index is 1430. The molecule has 236 valence electrons. The van der Waals surface area contributed by atoms with Gasteiger partial charge in [0.2, 0.25) is 11.8 Å². The lowest BCUT2D eigenvalue weighted by molar-refractivity contribution is -0.162. The molecule has 8 nitrogen and oxygen atoms in total. The molecule has 3 atom stereocenters. The second kappa shape index (κ2) is 14.4. The number of aryl methyl sites for hydroxylation is 1. The molecule has 1 saturated carbocycles. The summed E-state index contributed by atoms with van der Waals surface area (Å²) in [5.41, 5.74) is 7.28. The van der Waals surface area contributed by atoms with Crippen molar-refractivity contribution >= 4 is 28.6 Å². The number of para-hydroxylation sites is 1. The first-order valence-corrected chi connectivity index (χ1v) is 15.9. The van der Waals surface area contributed by atoms with Crippen LogP contribution < -0.4 is 5.73 Å². The summed E-state index contributed by atoms with van der Waals surface area (Å²) in [6, 6.07) is 19.5. The first-order valence-electron chi connectivity index (χ1n) is 15.9. The molecule has 0 unspecified atom stereocenters. The molecule has 2 aromatic carbocycles. The number of rotatable bonds is 10. The number of hydrogen-bond donors (Lipinski definition) is 2. The molecule has 0 saturated heterocycles. The third-order valence-corrected chi connectivity index (χ3v) is 8.64. The van der Waals surface area contributed by atoms with Crippen LogP contribution in [0.1, 0.15) is 89.2 Å². The first-order chi connectivity index (χ1) is 20.9. The molecule has 44 heavy (non-hydrogen) atoms. The summed E-state index contributed by atoms with van der Waals surface area (Å²) in [5, 5.41) is 12.9. The number of nitrogens with zero attached hydrogens (tertiary/aromatic N) is 3. The number of aliphatic hydroxyl groups excluding tert-OH is 1. The van der Waals surface area contributed by atoms with Gasteiger partial charge in [0, 0.05) is 16.8 Å². The van der Waals surface area contributed by atoms with Crippen molar-refractivity contribution in [2.24, 2.45) is 17.6 Å². The highest BCUT2D eigenvalue weighted by Gasteiger charge is 2.48. The number of pyridine rings is 1. The van der Waals surface area contributed by atoms with Gasteiger partial charge in [-0.1, -0.05) is 87.7 Å². The first kappa shape index (κ1) is 33.3. The van der Waals surface area contributed by atoms with Crippen LogP contribution in [-0.2, 0) is 16.0 Å². The maximum absolute atomic E-state index is 14.5. The summed E-state index contributed by atoms with van der Waals surface area (Å²) in [6.45, 7) is 9.28. The molecule has 0 aliphatic heterocycles. The van der Waals surface area contributed by atoms with E-state index in [0.29, 0.717) is 11.9 Å². The smallest absolute Gasteiger partial charge is 0.280 e. The van der Waals surface area contributed by atoms with Crippen LogP contribution in [0.4, 0.5) is 0 Å². The van der Waals surface area contributed by atoms with Crippen LogP contribution in [0.3, 0.4) is 0 Å². The van der Waals surface area contributed by atoms with Crippen LogP contribution in [0.5, 0.6) is 0 Å². The van der Waals surface area contributed by atoms with Crippen molar-refractivity contribution in [2.75, 3.05) is 0 Å². The van der Waals surface area contributed by atoms with Gasteiger partial charge in [-0.25, -0.2) is 4.98 Å². The van der Waals surface area contributed by atoms with E-state index in [1.165, 1.54) is 0 Å². The highest BCUT2D eigenvalue weighted by atomic mass is 16.3. The summed E-state index contributed by atoms with van der Waals surface area (Å²) in [4.78, 5) is 50.5. The van der Waals surface area contributed by atoms with E-state index in [0.717, 1.165) is 48.0 Å². The summed E-state index contributed by atoms with van der Waals surface area (Å²) in [5.74, 6) is -2.03. The van der Waals surface area contributed by atoms with Gasteiger partial charge in [-0.15, -0.1) is 0 Å². The van der Waals surface area contributed by atoms with Gasteiger partial charge < -0.3 is 15.7 Å². The van der Waals surface area contributed by atoms with Crippen LogP contribution in [0.2, 0.25) is 0 Å². The van der Waals surface area contributed by atoms with Gasteiger partial charge >= 0.3 is 0 Å². The Morgan fingerprint density at radius 1 is 0.932 bits per heavy atom. The van der Waals surface area contributed by atoms with Crippen molar-refractivity contribution in [2.45, 2.75) is 103 Å². The summed E-state index contributed by atoms with van der Waals surface area (Å²) >= 11 is 0. The normalized spacial score (nSPS) is 16.4. The van der Waals surface area contributed by atoms with Crippen molar-refractivity contribution in [3.05, 3.63) is 78.0 Å². The highest BCUT2D eigenvalue weighted by molar-refractivity contribution is 6.06. The molecular formula is C36H48N4O4. The molecule has 4 rings (SSSR count). The zero-order valence-electron chi connectivity index (χ0n) is 26.8. The molecule has 1 aromatic heterocycles. The van der Waals surface area contributed by atoms with Gasteiger partial charge in [-0.2, -0.15) is 0 Å². The van der Waals surface area contributed by atoms with Crippen molar-refractivity contribution in [3.8, 4) is 0 Å². The minimum atomic E-state index is -1.29. The fourth-order valence-electron chi connectivity index (χ4n) is 6.08. The number of aromatic nitrogens is 1. The van der Waals surface area contributed by atoms with E-state index >= 15 is 0 Å². The quantitative estimate of drug-likeness (QED) is 0.288. The zero-order valence-corrected chi connectivity index (χ0v) is 26.8. The molecule has 0 radical (unpaired) electrons. The van der Waals surface area contributed by atoms with E-state index < -0.39 is 35.7 Å². The zero-order chi connectivity index (χ0) is 32.0. The van der Waals surface area contributed by atoms with Gasteiger partial charge in [-0.3, -0.25) is 19.3 Å². The van der Waals surface area contributed by atoms with E-state index in [-0.39, 0.29) is 29.9 Å². The number of hydrogen-bond acceptors (Lipinski definition) is 6. The molecule has 1 aliphatic rings. The number of amides is 3. The fraction of sp³-hybridized carbons (Fsp3) is 0.500. The topological polar surface area (TPSA) is 117 Å². The second-order valence-electron chi connectivity index (χ2n) is 13.4. The van der Waals surface area contributed by atoms with Crippen molar-refractivity contribution in [1.82, 2.24) is 14.8 Å². The molecule has 0 spiro atoms. The Morgan fingerprint density at radius 3 is 2.20 bits per heavy atom. The number of imide groups is 1. The van der Waals surface area contributed by atoms with Crippen LogP contribution in [0.15, 0.2) is 66.7 Å². The van der Waals surface area contributed by atoms with Gasteiger partial charge in [0.05, 0.1) is 17.7 Å². The molecule has 1 heterocycles. The van der Waals surface area contributed by atoms with E-state index in [9.17, 15) is 19.5 Å². The monoisotopic (exact) mass is 600 g/mol. The largest absolute Gasteiger partial charge is 0.389 e. The van der Waals surface area contributed by atoms with Gasteiger partial charge in [0.15, 0.2) is 0 Å².